The van der Waals surface area contributed by atoms with Gasteiger partial charge < -0.3 is 9.32 Å². The van der Waals surface area contributed by atoms with Gasteiger partial charge in [-0.15, -0.1) is 11.3 Å². The van der Waals surface area contributed by atoms with Gasteiger partial charge in [0, 0.05) is 18.3 Å². The van der Waals surface area contributed by atoms with Crippen molar-refractivity contribution < 1.29 is 18.8 Å². The van der Waals surface area contributed by atoms with Crippen LogP contribution in [0.15, 0.2) is 39.2 Å². The van der Waals surface area contributed by atoms with Gasteiger partial charge in [0.1, 0.15) is 30.3 Å². The van der Waals surface area contributed by atoms with Gasteiger partial charge in [0.15, 0.2) is 0 Å². The molecule has 2 aliphatic heterocycles. The SMILES string of the molecule is Cc1ccc(C2=NN(C(=O)CN3C(=O)CN(C)C3=O)[C@@H](c3cccs3)C2)o1. The summed E-state index contributed by atoms with van der Waals surface area (Å²) in [6, 6.07) is 6.80. The van der Waals surface area contributed by atoms with Gasteiger partial charge in [-0.2, -0.15) is 5.10 Å². The lowest BCUT2D eigenvalue weighted by Gasteiger charge is -2.22. The standard InChI is InChI=1S/C18H18N4O4S/c1-11-5-6-14(26-11)12-8-13(15-4-3-7-27-15)22(19-12)17(24)10-21-16(23)9-20(2)18(21)25/h3-7,13H,8-10H2,1-2H3/t13-/m1/s1. The summed E-state index contributed by atoms with van der Waals surface area (Å²) >= 11 is 1.53. The van der Waals surface area contributed by atoms with E-state index in [1.54, 1.807) is 0 Å². The number of aryl methyl sites for hydroxylation is 1. The second kappa shape index (κ2) is 6.66. The molecule has 0 unspecified atom stereocenters. The fraction of sp³-hybridized carbons (Fsp3) is 0.333. The van der Waals surface area contributed by atoms with Crippen LogP contribution in [-0.4, -0.2) is 58.5 Å². The van der Waals surface area contributed by atoms with Gasteiger partial charge in [-0.1, -0.05) is 6.07 Å². The summed E-state index contributed by atoms with van der Waals surface area (Å²) in [5, 5.41) is 7.78. The van der Waals surface area contributed by atoms with Crippen molar-refractivity contribution >= 4 is 34.9 Å². The zero-order valence-corrected chi connectivity index (χ0v) is 15.7. The van der Waals surface area contributed by atoms with Gasteiger partial charge in [-0.3, -0.25) is 14.5 Å². The van der Waals surface area contributed by atoms with E-state index in [0.717, 1.165) is 15.5 Å². The first-order chi connectivity index (χ1) is 12.9. The average Bonchev–Trinajstić information content (AvgIpc) is 3.39. The number of carbonyl (C=O) groups excluding carboxylic acids is 3. The van der Waals surface area contributed by atoms with Crippen LogP contribution in [0.1, 0.15) is 28.9 Å². The van der Waals surface area contributed by atoms with E-state index in [-0.39, 0.29) is 25.0 Å². The molecular formula is C18H18N4O4S. The van der Waals surface area contributed by atoms with E-state index < -0.39 is 11.9 Å². The van der Waals surface area contributed by atoms with Crippen LogP contribution in [0.2, 0.25) is 0 Å². The average molecular weight is 386 g/mol. The number of amides is 4. The molecule has 1 fully saturated rings. The van der Waals surface area contributed by atoms with Gasteiger partial charge >= 0.3 is 6.03 Å². The molecule has 4 rings (SSSR count). The Labute approximate surface area is 159 Å². The van der Waals surface area contributed by atoms with E-state index in [1.807, 2.05) is 36.6 Å². The minimum Gasteiger partial charge on any atom is -0.460 e. The minimum atomic E-state index is -0.467. The largest absolute Gasteiger partial charge is 0.460 e. The Morgan fingerprint density at radius 1 is 1.33 bits per heavy atom. The number of hydrazone groups is 1. The Morgan fingerprint density at radius 3 is 2.74 bits per heavy atom. The van der Waals surface area contributed by atoms with Crippen molar-refractivity contribution in [2.24, 2.45) is 5.10 Å². The zero-order valence-electron chi connectivity index (χ0n) is 14.9. The lowest BCUT2D eigenvalue weighted by atomic mass is 10.1. The number of hydrogen-bond acceptors (Lipinski definition) is 6. The molecule has 2 aromatic rings. The maximum atomic E-state index is 12.9. The molecule has 0 spiro atoms. The first-order valence-electron chi connectivity index (χ1n) is 8.49. The molecule has 1 saturated heterocycles. The highest BCUT2D eigenvalue weighted by atomic mass is 32.1. The number of rotatable bonds is 4. The van der Waals surface area contributed by atoms with Gasteiger partial charge in [0.05, 0.1) is 6.04 Å². The van der Waals surface area contributed by atoms with Crippen LogP contribution in [0.25, 0.3) is 0 Å². The summed E-state index contributed by atoms with van der Waals surface area (Å²) in [5.74, 6) is 0.608. The van der Waals surface area contributed by atoms with Crippen LogP contribution in [0.4, 0.5) is 4.79 Å². The molecular weight excluding hydrogens is 368 g/mol. The number of thiophene rings is 1. The molecule has 2 aromatic heterocycles. The molecule has 0 saturated carbocycles. The van der Waals surface area contributed by atoms with Gasteiger partial charge in [-0.25, -0.2) is 9.80 Å². The molecule has 2 aliphatic rings. The number of urea groups is 1. The van der Waals surface area contributed by atoms with Crippen molar-refractivity contribution in [1.82, 2.24) is 14.8 Å². The molecule has 0 bridgehead atoms. The Morgan fingerprint density at radius 2 is 2.15 bits per heavy atom. The molecule has 4 heterocycles. The van der Waals surface area contributed by atoms with Gasteiger partial charge in [-0.05, 0) is 30.5 Å². The number of furan rings is 1. The molecule has 4 amide bonds. The third-order valence-corrected chi connectivity index (χ3v) is 5.56. The number of likely N-dealkylation sites (N-methyl/N-ethyl adjacent to an activating group) is 1. The number of imide groups is 1. The van der Waals surface area contributed by atoms with Crippen molar-refractivity contribution in [2.45, 2.75) is 19.4 Å². The van der Waals surface area contributed by atoms with E-state index in [2.05, 4.69) is 5.10 Å². The predicted octanol–water partition coefficient (Wildman–Crippen LogP) is 2.22. The maximum Gasteiger partial charge on any atom is 0.327 e. The summed E-state index contributed by atoms with van der Waals surface area (Å²) in [7, 11) is 1.53. The first kappa shape index (κ1) is 17.5. The normalized spacial score (nSPS) is 20.0. The van der Waals surface area contributed by atoms with Crippen molar-refractivity contribution in [3.63, 3.8) is 0 Å². The van der Waals surface area contributed by atoms with Crippen LogP contribution < -0.4 is 0 Å². The highest BCUT2D eigenvalue weighted by molar-refractivity contribution is 7.10. The molecule has 0 aromatic carbocycles. The Bertz CT molecular complexity index is 933. The van der Waals surface area contributed by atoms with E-state index >= 15 is 0 Å². The van der Waals surface area contributed by atoms with E-state index in [0.29, 0.717) is 17.9 Å². The van der Waals surface area contributed by atoms with E-state index in [9.17, 15) is 14.4 Å². The second-order valence-corrected chi connectivity index (χ2v) is 7.53. The lowest BCUT2D eigenvalue weighted by molar-refractivity contribution is -0.137. The molecule has 9 heteroatoms. The summed E-state index contributed by atoms with van der Waals surface area (Å²) in [6.07, 6.45) is 0.515. The summed E-state index contributed by atoms with van der Waals surface area (Å²) in [6.45, 7) is 1.51. The number of nitrogens with zero attached hydrogens (tertiary/aromatic N) is 4. The minimum absolute atomic E-state index is 0.0132. The monoisotopic (exact) mass is 386 g/mol. The molecule has 0 aliphatic carbocycles. The molecule has 1 atom stereocenters. The smallest absolute Gasteiger partial charge is 0.327 e. The van der Waals surface area contributed by atoms with Crippen LogP contribution >= 0.6 is 11.3 Å². The first-order valence-corrected chi connectivity index (χ1v) is 9.37. The Hall–Kier alpha value is -2.94. The Kier molecular flexibility index (Phi) is 4.31. The third-order valence-electron chi connectivity index (χ3n) is 4.59. The van der Waals surface area contributed by atoms with Gasteiger partial charge in [0.2, 0.25) is 0 Å². The molecule has 0 N–H and O–H groups in total. The predicted molar refractivity (Wildman–Crippen MR) is 98.2 cm³/mol. The molecule has 8 nitrogen and oxygen atoms in total. The summed E-state index contributed by atoms with van der Waals surface area (Å²) < 4.78 is 5.65. The second-order valence-electron chi connectivity index (χ2n) is 6.55. The number of carbonyl (C=O) groups is 3. The fourth-order valence-electron chi connectivity index (χ4n) is 3.21. The van der Waals surface area contributed by atoms with Crippen molar-refractivity contribution in [2.75, 3.05) is 20.1 Å². The molecule has 140 valence electrons. The molecule has 27 heavy (non-hydrogen) atoms. The zero-order chi connectivity index (χ0) is 19.1. The van der Waals surface area contributed by atoms with Crippen LogP contribution in [0.5, 0.6) is 0 Å². The van der Waals surface area contributed by atoms with Crippen LogP contribution in [-0.2, 0) is 9.59 Å². The summed E-state index contributed by atoms with van der Waals surface area (Å²) in [5.41, 5.74) is 0.672. The fourth-order valence-corrected chi connectivity index (χ4v) is 4.03. The topological polar surface area (TPSA) is 86.4 Å². The summed E-state index contributed by atoms with van der Waals surface area (Å²) in [4.78, 5) is 40.2. The highest BCUT2D eigenvalue weighted by Crippen LogP contribution is 2.35. The lowest BCUT2D eigenvalue weighted by Crippen LogP contribution is -2.41. The van der Waals surface area contributed by atoms with Crippen molar-refractivity contribution in [3.05, 3.63) is 46.0 Å². The quantitative estimate of drug-likeness (QED) is 0.754. The van der Waals surface area contributed by atoms with Crippen molar-refractivity contribution in [3.8, 4) is 0 Å². The number of hydrogen-bond donors (Lipinski definition) is 0. The van der Waals surface area contributed by atoms with E-state index in [4.69, 9.17) is 4.42 Å². The molecule has 0 radical (unpaired) electrons. The highest BCUT2D eigenvalue weighted by Gasteiger charge is 2.39. The van der Waals surface area contributed by atoms with Crippen LogP contribution in [0.3, 0.4) is 0 Å². The maximum absolute atomic E-state index is 12.9. The van der Waals surface area contributed by atoms with Gasteiger partial charge in [0.25, 0.3) is 11.8 Å². The Balaban J connectivity index is 1.60. The van der Waals surface area contributed by atoms with Crippen LogP contribution in [0, 0.1) is 6.92 Å². The third kappa shape index (κ3) is 3.14. The van der Waals surface area contributed by atoms with Crippen molar-refractivity contribution in [1.29, 1.82) is 0 Å². The van der Waals surface area contributed by atoms with E-state index in [1.165, 1.54) is 28.3 Å².